The first kappa shape index (κ1) is 13.7. The summed E-state index contributed by atoms with van der Waals surface area (Å²) in [5.74, 6) is 0.941. The molecule has 3 aliphatic rings. The van der Waals surface area contributed by atoms with Gasteiger partial charge in [0.05, 0.1) is 5.69 Å². The molecular formula is C18H27N3. The molecule has 2 heterocycles. The predicted molar refractivity (Wildman–Crippen MR) is 85.1 cm³/mol. The van der Waals surface area contributed by atoms with E-state index in [0.29, 0.717) is 5.54 Å². The molecule has 1 atom stereocenters. The van der Waals surface area contributed by atoms with E-state index in [1.165, 1.54) is 62.9 Å². The smallest absolute Gasteiger partial charge is 0.0573 e. The van der Waals surface area contributed by atoms with Gasteiger partial charge in [-0.25, -0.2) is 0 Å². The van der Waals surface area contributed by atoms with Crippen LogP contribution in [0.1, 0.15) is 49.8 Å². The average Bonchev–Trinajstić information content (AvgIpc) is 3.24. The number of hydrogen-bond acceptors (Lipinski definition) is 3. The van der Waals surface area contributed by atoms with Crippen LogP contribution in [0.3, 0.4) is 0 Å². The molecule has 0 radical (unpaired) electrons. The molecule has 0 aromatic carbocycles. The predicted octanol–water partition coefficient (Wildman–Crippen LogP) is 2.89. The van der Waals surface area contributed by atoms with Crippen molar-refractivity contribution in [3.8, 4) is 0 Å². The van der Waals surface area contributed by atoms with Crippen LogP contribution in [0.25, 0.3) is 0 Å². The molecule has 1 unspecified atom stereocenters. The van der Waals surface area contributed by atoms with Gasteiger partial charge in [-0.05, 0) is 50.2 Å². The van der Waals surface area contributed by atoms with Crippen LogP contribution in [-0.2, 0) is 6.54 Å². The van der Waals surface area contributed by atoms with Gasteiger partial charge in [0.2, 0.25) is 0 Å². The minimum absolute atomic E-state index is 0.412. The fraction of sp³-hybridized carbons (Fsp3) is 0.722. The van der Waals surface area contributed by atoms with Crippen LogP contribution in [0.15, 0.2) is 18.3 Å². The molecule has 114 valence electrons. The molecular weight excluding hydrogens is 258 g/mol. The van der Waals surface area contributed by atoms with E-state index in [-0.39, 0.29) is 0 Å². The molecule has 0 bridgehead atoms. The van der Waals surface area contributed by atoms with Crippen LogP contribution in [0.2, 0.25) is 0 Å². The summed E-state index contributed by atoms with van der Waals surface area (Å²) in [6.45, 7) is 5.66. The second-order valence-corrected chi connectivity index (χ2v) is 7.40. The zero-order valence-electron chi connectivity index (χ0n) is 13.1. The van der Waals surface area contributed by atoms with E-state index in [0.717, 1.165) is 18.5 Å². The van der Waals surface area contributed by atoms with Crippen LogP contribution in [0.4, 0.5) is 0 Å². The second-order valence-electron chi connectivity index (χ2n) is 7.40. The number of aryl methyl sites for hydroxylation is 1. The highest BCUT2D eigenvalue weighted by molar-refractivity contribution is 5.18. The Balaban J connectivity index is 1.56. The molecule has 1 spiro atoms. The van der Waals surface area contributed by atoms with Crippen molar-refractivity contribution in [3.63, 3.8) is 0 Å². The summed E-state index contributed by atoms with van der Waals surface area (Å²) in [7, 11) is 0. The second kappa shape index (κ2) is 5.36. The summed E-state index contributed by atoms with van der Waals surface area (Å²) in [6, 6.07) is 4.97. The van der Waals surface area contributed by atoms with Crippen LogP contribution in [-0.4, -0.2) is 34.6 Å². The number of rotatable bonds is 3. The maximum Gasteiger partial charge on any atom is 0.0573 e. The van der Waals surface area contributed by atoms with Gasteiger partial charge in [0.25, 0.3) is 0 Å². The monoisotopic (exact) mass is 285 g/mol. The Hall–Kier alpha value is -0.930. The maximum atomic E-state index is 4.65. The van der Waals surface area contributed by atoms with Gasteiger partial charge in [0.15, 0.2) is 0 Å². The molecule has 2 aliphatic carbocycles. The third-order valence-corrected chi connectivity index (χ3v) is 5.97. The first-order valence-corrected chi connectivity index (χ1v) is 8.66. The largest absolute Gasteiger partial charge is 0.311 e. The third-order valence-electron chi connectivity index (χ3n) is 5.97. The summed E-state index contributed by atoms with van der Waals surface area (Å²) < 4.78 is 0. The molecule has 1 aliphatic heterocycles. The van der Waals surface area contributed by atoms with Crippen LogP contribution in [0.5, 0.6) is 0 Å². The molecule has 1 saturated heterocycles. The fourth-order valence-electron chi connectivity index (χ4n) is 4.37. The number of nitrogens with one attached hydrogen (secondary N) is 1. The van der Waals surface area contributed by atoms with E-state index < -0.39 is 0 Å². The lowest BCUT2D eigenvalue weighted by Gasteiger charge is -2.48. The Morgan fingerprint density at radius 2 is 2.14 bits per heavy atom. The molecule has 3 heteroatoms. The zero-order chi connectivity index (χ0) is 14.3. The van der Waals surface area contributed by atoms with Gasteiger partial charge in [-0.3, -0.25) is 9.88 Å². The van der Waals surface area contributed by atoms with E-state index in [4.69, 9.17) is 0 Å². The highest BCUT2D eigenvalue weighted by atomic mass is 15.3. The lowest BCUT2D eigenvalue weighted by molar-refractivity contribution is 0.0300. The lowest BCUT2D eigenvalue weighted by Crippen LogP contribution is -2.63. The Morgan fingerprint density at radius 3 is 2.86 bits per heavy atom. The van der Waals surface area contributed by atoms with Gasteiger partial charge in [-0.2, -0.15) is 0 Å². The van der Waals surface area contributed by atoms with E-state index in [9.17, 15) is 0 Å². The van der Waals surface area contributed by atoms with Crippen LogP contribution < -0.4 is 5.32 Å². The number of hydrogen-bond donors (Lipinski definition) is 1. The summed E-state index contributed by atoms with van der Waals surface area (Å²) in [6.07, 6.45) is 10.3. The standard InChI is InChI=1S/C18H27N3/c1-14-5-4-10-19-16(14)11-21-12-17(15-6-7-15)20-13-18(21)8-2-3-9-18/h4-5,10,15,17,20H,2-3,6-9,11-13H2,1H3. The number of nitrogens with zero attached hydrogens (tertiary/aromatic N) is 2. The van der Waals surface area contributed by atoms with E-state index >= 15 is 0 Å². The SMILES string of the molecule is Cc1cccnc1CN1CC(C2CC2)NCC12CCCC2. The molecule has 3 nitrogen and oxygen atoms in total. The quantitative estimate of drug-likeness (QED) is 0.925. The Bertz CT molecular complexity index is 503. The van der Waals surface area contributed by atoms with Crippen molar-refractivity contribution in [3.05, 3.63) is 29.6 Å². The highest BCUT2D eigenvalue weighted by Gasteiger charge is 2.46. The van der Waals surface area contributed by atoms with Crippen molar-refractivity contribution in [2.75, 3.05) is 13.1 Å². The minimum atomic E-state index is 0.412. The summed E-state index contributed by atoms with van der Waals surface area (Å²) in [5, 5.41) is 3.88. The van der Waals surface area contributed by atoms with Gasteiger partial charge >= 0.3 is 0 Å². The Kier molecular flexibility index (Phi) is 3.50. The van der Waals surface area contributed by atoms with E-state index in [2.05, 4.69) is 34.3 Å². The van der Waals surface area contributed by atoms with Crippen LogP contribution >= 0.6 is 0 Å². The molecule has 1 N–H and O–H groups in total. The van der Waals surface area contributed by atoms with Crippen molar-refractivity contribution < 1.29 is 0 Å². The molecule has 2 saturated carbocycles. The summed E-state index contributed by atoms with van der Waals surface area (Å²) in [4.78, 5) is 7.44. The molecule has 0 amide bonds. The van der Waals surface area contributed by atoms with Gasteiger partial charge < -0.3 is 5.32 Å². The van der Waals surface area contributed by atoms with Gasteiger partial charge in [-0.15, -0.1) is 0 Å². The third kappa shape index (κ3) is 2.62. The fourth-order valence-corrected chi connectivity index (χ4v) is 4.37. The van der Waals surface area contributed by atoms with Gasteiger partial charge in [-0.1, -0.05) is 18.9 Å². The highest BCUT2D eigenvalue weighted by Crippen LogP contribution is 2.41. The van der Waals surface area contributed by atoms with Crippen molar-refractivity contribution >= 4 is 0 Å². The Morgan fingerprint density at radius 1 is 1.33 bits per heavy atom. The number of piperazine rings is 1. The molecule has 3 fully saturated rings. The number of pyridine rings is 1. The van der Waals surface area contributed by atoms with Crippen molar-refractivity contribution in [2.24, 2.45) is 5.92 Å². The lowest BCUT2D eigenvalue weighted by atomic mass is 9.89. The van der Waals surface area contributed by atoms with E-state index in [1.54, 1.807) is 0 Å². The van der Waals surface area contributed by atoms with Crippen LogP contribution in [0, 0.1) is 12.8 Å². The number of aromatic nitrogens is 1. The minimum Gasteiger partial charge on any atom is -0.311 e. The van der Waals surface area contributed by atoms with Gasteiger partial charge in [0, 0.05) is 37.4 Å². The maximum absolute atomic E-state index is 4.65. The average molecular weight is 285 g/mol. The normalized spacial score (nSPS) is 29.1. The summed E-state index contributed by atoms with van der Waals surface area (Å²) in [5.41, 5.74) is 3.03. The van der Waals surface area contributed by atoms with Crippen molar-refractivity contribution in [2.45, 2.75) is 63.6 Å². The van der Waals surface area contributed by atoms with Crippen molar-refractivity contribution in [1.29, 1.82) is 0 Å². The van der Waals surface area contributed by atoms with Crippen molar-refractivity contribution in [1.82, 2.24) is 15.2 Å². The molecule has 4 rings (SSSR count). The molecule has 21 heavy (non-hydrogen) atoms. The first-order valence-electron chi connectivity index (χ1n) is 8.66. The van der Waals surface area contributed by atoms with E-state index in [1.807, 2.05) is 6.20 Å². The molecule has 1 aromatic heterocycles. The zero-order valence-corrected chi connectivity index (χ0v) is 13.1. The Labute approximate surface area is 128 Å². The summed E-state index contributed by atoms with van der Waals surface area (Å²) >= 11 is 0. The topological polar surface area (TPSA) is 28.2 Å². The first-order chi connectivity index (χ1) is 10.3. The molecule has 1 aromatic rings. The van der Waals surface area contributed by atoms with Gasteiger partial charge in [0.1, 0.15) is 0 Å².